The first-order chi connectivity index (χ1) is 10.1. The summed E-state index contributed by atoms with van der Waals surface area (Å²) in [6.45, 7) is 0.641. The van der Waals surface area contributed by atoms with E-state index >= 15 is 0 Å². The van der Waals surface area contributed by atoms with Gasteiger partial charge in [-0.15, -0.1) is 10.2 Å². The average Bonchev–Trinajstić information content (AvgIpc) is 2.94. The molecule has 0 spiro atoms. The van der Waals surface area contributed by atoms with Gasteiger partial charge in [0.2, 0.25) is 5.13 Å². The molecule has 2 aromatic rings. The summed E-state index contributed by atoms with van der Waals surface area (Å²) in [5, 5.41) is 17.5. The Morgan fingerprint density at radius 3 is 2.90 bits per heavy atom. The Morgan fingerprint density at radius 1 is 1.43 bits per heavy atom. The molecule has 6 nitrogen and oxygen atoms in total. The lowest BCUT2D eigenvalue weighted by Gasteiger charge is -2.16. The molecular formula is C13H15N3O3S2. The van der Waals surface area contributed by atoms with E-state index < -0.39 is 5.97 Å². The van der Waals surface area contributed by atoms with Crippen LogP contribution in [0, 0.1) is 0 Å². The quantitative estimate of drug-likeness (QED) is 0.783. The smallest absolute Gasteiger partial charge is 0.313 e. The summed E-state index contributed by atoms with van der Waals surface area (Å²) in [4.78, 5) is 12.5. The number of methoxy groups -OCH3 is 1. The lowest BCUT2D eigenvalue weighted by molar-refractivity contribution is -0.133. The average molecular weight is 325 g/mol. The van der Waals surface area contributed by atoms with E-state index in [1.165, 1.54) is 23.1 Å². The largest absolute Gasteiger partial charge is 0.496 e. The van der Waals surface area contributed by atoms with Gasteiger partial charge in [0, 0.05) is 19.2 Å². The maximum atomic E-state index is 10.5. The maximum absolute atomic E-state index is 10.5. The van der Waals surface area contributed by atoms with Crippen LogP contribution < -0.4 is 9.64 Å². The van der Waals surface area contributed by atoms with E-state index in [1.807, 2.05) is 36.2 Å². The highest BCUT2D eigenvalue weighted by atomic mass is 32.2. The molecule has 0 bridgehead atoms. The molecule has 1 aromatic carbocycles. The first kappa shape index (κ1) is 15.6. The lowest BCUT2D eigenvalue weighted by atomic mass is 10.2. The van der Waals surface area contributed by atoms with E-state index in [1.54, 1.807) is 7.11 Å². The summed E-state index contributed by atoms with van der Waals surface area (Å²) in [6.07, 6.45) is 0. The fourth-order valence-corrected chi connectivity index (χ4v) is 3.22. The van der Waals surface area contributed by atoms with Crippen molar-refractivity contribution in [1.29, 1.82) is 0 Å². The minimum absolute atomic E-state index is 0.00907. The molecule has 1 heterocycles. The van der Waals surface area contributed by atoms with Gasteiger partial charge in [0.05, 0.1) is 12.9 Å². The zero-order valence-corrected chi connectivity index (χ0v) is 13.3. The molecule has 8 heteroatoms. The number of nitrogens with zero attached hydrogens (tertiary/aromatic N) is 3. The number of anilines is 1. The summed E-state index contributed by atoms with van der Waals surface area (Å²) < 4.78 is 5.98. The van der Waals surface area contributed by atoms with Gasteiger partial charge in [0.1, 0.15) is 5.75 Å². The normalized spacial score (nSPS) is 10.4. The van der Waals surface area contributed by atoms with E-state index in [0.717, 1.165) is 16.4 Å². The number of carbonyl (C=O) groups is 1. The third kappa shape index (κ3) is 4.33. The molecule has 112 valence electrons. The van der Waals surface area contributed by atoms with Crippen molar-refractivity contribution in [3.8, 4) is 5.75 Å². The predicted octanol–water partition coefficient (Wildman–Crippen LogP) is 2.36. The minimum Gasteiger partial charge on any atom is -0.496 e. The maximum Gasteiger partial charge on any atom is 0.313 e. The molecule has 0 fully saturated rings. The number of carboxylic acids is 1. The Balaban J connectivity index is 2.03. The minimum atomic E-state index is -0.862. The summed E-state index contributed by atoms with van der Waals surface area (Å²) in [7, 11) is 3.56. The molecule has 0 atom stereocenters. The molecule has 21 heavy (non-hydrogen) atoms. The van der Waals surface area contributed by atoms with Crippen molar-refractivity contribution in [2.75, 3.05) is 24.8 Å². The zero-order chi connectivity index (χ0) is 15.2. The second-order valence-corrected chi connectivity index (χ2v) is 6.38. The van der Waals surface area contributed by atoms with Gasteiger partial charge in [-0.25, -0.2) is 0 Å². The van der Waals surface area contributed by atoms with Gasteiger partial charge in [0.25, 0.3) is 0 Å². The van der Waals surface area contributed by atoms with E-state index in [9.17, 15) is 4.79 Å². The van der Waals surface area contributed by atoms with Gasteiger partial charge in [-0.05, 0) is 6.07 Å². The van der Waals surface area contributed by atoms with Crippen LogP contribution in [0.5, 0.6) is 5.75 Å². The topological polar surface area (TPSA) is 75.5 Å². The van der Waals surface area contributed by atoms with Crippen molar-refractivity contribution in [2.45, 2.75) is 10.9 Å². The van der Waals surface area contributed by atoms with Crippen molar-refractivity contribution < 1.29 is 14.6 Å². The van der Waals surface area contributed by atoms with Crippen LogP contribution in [0.15, 0.2) is 28.6 Å². The molecule has 0 aliphatic rings. The van der Waals surface area contributed by atoms with E-state index in [-0.39, 0.29) is 5.75 Å². The Bertz CT molecular complexity index is 618. The number of para-hydroxylation sites is 1. The van der Waals surface area contributed by atoms with Crippen molar-refractivity contribution in [1.82, 2.24) is 10.2 Å². The van der Waals surface area contributed by atoms with Gasteiger partial charge in [-0.2, -0.15) is 0 Å². The summed E-state index contributed by atoms with van der Waals surface area (Å²) in [6, 6.07) is 7.79. The highest BCUT2D eigenvalue weighted by Crippen LogP contribution is 2.29. The van der Waals surface area contributed by atoms with Crippen LogP contribution in [-0.4, -0.2) is 41.2 Å². The predicted molar refractivity (Wildman–Crippen MR) is 83.4 cm³/mol. The number of benzene rings is 1. The molecular weight excluding hydrogens is 310 g/mol. The van der Waals surface area contributed by atoms with Crippen molar-refractivity contribution in [2.24, 2.45) is 0 Å². The summed E-state index contributed by atoms with van der Waals surface area (Å²) in [5.41, 5.74) is 1.05. The number of aromatic nitrogens is 2. The molecule has 0 amide bonds. The van der Waals surface area contributed by atoms with E-state index in [2.05, 4.69) is 10.2 Å². The van der Waals surface area contributed by atoms with Gasteiger partial charge in [-0.3, -0.25) is 4.79 Å². The van der Waals surface area contributed by atoms with Gasteiger partial charge in [-0.1, -0.05) is 41.3 Å². The highest BCUT2D eigenvalue weighted by molar-refractivity contribution is 8.01. The highest BCUT2D eigenvalue weighted by Gasteiger charge is 2.12. The Hall–Kier alpha value is -1.80. The van der Waals surface area contributed by atoms with Crippen LogP contribution in [-0.2, 0) is 11.3 Å². The number of rotatable bonds is 7. The molecule has 0 aliphatic carbocycles. The molecule has 0 saturated carbocycles. The van der Waals surface area contributed by atoms with Crippen LogP contribution in [0.1, 0.15) is 5.56 Å². The number of ether oxygens (including phenoxy) is 1. The Labute approximate surface area is 130 Å². The van der Waals surface area contributed by atoms with Crippen LogP contribution >= 0.6 is 23.1 Å². The van der Waals surface area contributed by atoms with Crippen LogP contribution in [0.4, 0.5) is 5.13 Å². The number of carboxylic acid groups (broad SMARTS) is 1. The monoisotopic (exact) mass is 325 g/mol. The molecule has 0 saturated heterocycles. The fraction of sp³-hybridized carbons (Fsp3) is 0.308. The molecule has 1 N–H and O–H groups in total. The molecule has 0 aliphatic heterocycles. The van der Waals surface area contributed by atoms with Crippen molar-refractivity contribution >= 4 is 34.2 Å². The van der Waals surface area contributed by atoms with Gasteiger partial charge < -0.3 is 14.7 Å². The third-order valence-electron chi connectivity index (χ3n) is 2.64. The van der Waals surface area contributed by atoms with Gasteiger partial charge >= 0.3 is 5.97 Å². The van der Waals surface area contributed by atoms with Crippen LogP contribution in [0.2, 0.25) is 0 Å². The SMILES string of the molecule is COc1ccccc1CN(C)c1nnc(SCC(=O)O)s1. The fourth-order valence-electron chi connectivity index (χ4n) is 1.70. The van der Waals surface area contributed by atoms with Crippen molar-refractivity contribution in [3.63, 3.8) is 0 Å². The summed E-state index contributed by atoms with van der Waals surface area (Å²) >= 11 is 2.55. The number of hydrogen-bond acceptors (Lipinski definition) is 7. The number of hydrogen-bond donors (Lipinski definition) is 1. The first-order valence-corrected chi connectivity index (χ1v) is 7.91. The van der Waals surface area contributed by atoms with Gasteiger partial charge in [0.15, 0.2) is 4.34 Å². The van der Waals surface area contributed by atoms with Crippen LogP contribution in [0.25, 0.3) is 0 Å². The Morgan fingerprint density at radius 2 is 2.19 bits per heavy atom. The lowest BCUT2D eigenvalue weighted by Crippen LogP contribution is -2.16. The number of aliphatic carboxylic acids is 1. The van der Waals surface area contributed by atoms with E-state index in [4.69, 9.17) is 9.84 Å². The summed E-state index contributed by atoms with van der Waals surface area (Å²) in [5.74, 6) is -0.0429. The van der Waals surface area contributed by atoms with Crippen LogP contribution in [0.3, 0.4) is 0 Å². The molecule has 1 aromatic heterocycles. The Kier molecular flexibility index (Phi) is 5.40. The van der Waals surface area contributed by atoms with Crippen molar-refractivity contribution in [3.05, 3.63) is 29.8 Å². The first-order valence-electron chi connectivity index (χ1n) is 6.11. The second kappa shape index (κ2) is 7.28. The zero-order valence-electron chi connectivity index (χ0n) is 11.6. The third-order valence-corrected chi connectivity index (χ3v) is 4.80. The second-order valence-electron chi connectivity index (χ2n) is 4.20. The molecule has 0 unspecified atom stereocenters. The van der Waals surface area contributed by atoms with E-state index in [0.29, 0.717) is 10.9 Å². The number of thioether (sulfide) groups is 1. The molecule has 0 radical (unpaired) electrons. The molecule has 2 rings (SSSR count). The standard InChI is InChI=1S/C13H15N3O3S2/c1-16(7-9-5-3-4-6-10(9)19-2)12-14-15-13(21-12)20-8-11(17)18/h3-6H,7-8H2,1-2H3,(H,17,18).